The summed E-state index contributed by atoms with van der Waals surface area (Å²) in [5.41, 5.74) is 0. The Labute approximate surface area is 132 Å². The van der Waals surface area contributed by atoms with E-state index in [4.69, 9.17) is 9.84 Å². The molecule has 0 saturated carbocycles. The first-order valence-corrected chi connectivity index (χ1v) is 8.27. The van der Waals surface area contributed by atoms with E-state index < -0.39 is 17.8 Å². The minimum Gasteiger partial charge on any atom is -0.481 e. The summed E-state index contributed by atoms with van der Waals surface area (Å²) >= 11 is 7.01. The van der Waals surface area contributed by atoms with Crippen LogP contribution in [0.15, 0.2) is 0 Å². The highest BCUT2D eigenvalue weighted by atomic mass is 79.9. The number of amides is 2. The summed E-state index contributed by atoms with van der Waals surface area (Å²) in [5.74, 6) is -2.21. The van der Waals surface area contributed by atoms with E-state index in [-0.39, 0.29) is 53.1 Å². The number of rotatable bonds is 4. The number of alkyl halides is 2. The predicted octanol–water partition coefficient (Wildman–Crippen LogP) is 0.760. The van der Waals surface area contributed by atoms with Crippen LogP contribution in [0.5, 0.6) is 0 Å². The highest BCUT2D eigenvalue weighted by Crippen LogP contribution is 2.52. The van der Waals surface area contributed by atoms with Crippen LogP contribution in [0.4, 0.5) is 0 Å². The molecule has 3 saturated heterocycles. The van der Waals surface area contributed by atoms with Crippen LogP contribution in [-0.2, 0) is 19.1 Å². The molecule has 6 atom stereocenters. The first kappa shape index (κ1) is 14.5. The number of halogens is 2. The third-order valence-electron chi connectivity index (χ3n) is 4.22. The molecule has 3 aliphatic heterocycles. The maximum atomic E-state index is 12.4. The van der Waals surface area contributed by atoms with Crippen LogP contribution >= 0.6 is 31.9 Å². The Kier molecular flexibility index (Phi) is 3.66. The van der Waals surface area contributed by atoms with Gasteiger partial charge < -0.3 is 9.84 Å². The number of hydrogen-bond donors (Lipinski definition) is 1. The summed E-state index contributed by atoms with van der Waals surface area (Å²) in [6.45, 7) is 0.177. The van der Waals surface area contributed by atoms with Gasteiger partial charge in [-0.3, -0.25) is 19.3 Å². The molecule has 0 radical (unpaired) electrons. The van der Waals surface area contributed by atoms with Crippen molar-refractivity contribution in [2.24, 2.45) is 11.8 Å². The van der Waals surface area contributed by atoms with Gasteiger partial charge in [-0.25, -0.2) is 0 Å². The number of fused-ring (bicyclic) bond motifs is 5. The largest absolute Gasteiger partial charge is 0.481 e. The van der Waals surface area contributed by atoms with Crippen molar-refractivity contribution in [2.45, 2.75) is 34.7 Å². The van der Waals surface area contributed by atoms with E-state index in [1.54, 1.807) is 0 Å². The molecule has 2 bridgehead atoms. The Morgan fingerprint density at radius 3 is 2.10 bits per heavy atom. The van der Waals surface area contributed by atoms with Gasteiger partial charge in [0.05, 0.1) is 33.7 Å². The summed E-state index contributed by atoms with van der Waals surface area (Å²) in [7, 11) is 0. The van der Waals surface area contributed by atoms with Gasteiger partial charge in [-0.15, -0.1) is 0 Å². The maximum absolute atomic E-state index is 12.4. The Balaban J connectivity index is 1.74. The predicted molar refractivity (Wildman–Crippen MR) is 74.7 cm³/mol. The molecule has 3 heterocycles. The van der Waals surface area contributed by atoms with Gasteiger partial charge in [0.25, 0.3) is 0 Å². The molecule has 6 unspecified atom stereocenters. The maximum Gasteiger partial charge on any atom is 0.303 e. The van der Waals surface area contributed by atoms with Crippen LogP contribution in [-0.4, -0.2) is 56.2 Å². The number of carboxylic acid groups (broad SMARTS) is 1. The van der Waals surface area contributed by atoms with Crippen LogP contribution in [0.2, 0.25) is 0 Å². The standard InChI is InChI=1S/C12H13Br2NO5/c13-7-8(14)10-6-5(9(7)20-10)11(18)15(12(6)19)3-1-2-4(16)17/h5-10H,1-3H2,(H,16,17). The molecule has 2 amide bonds. The van der Waals surface area contributed by atoms with E-state index in [0.717, 1.165) is 0 Å². The second kappa shape index (κ2) is 5.06. The minimum absolute atomic E-state index is 0.0180. The SMILES string of the molecule is O=C(O)CCCN1C(=O)C2C3OC(C(Br)C3Br)C2C1=O. The molecular formula is C12H13Br2NO5. The third-order valence-corrected chi connectivity index (χ3v) is 7.11. The molecule has 8 heteroatoms. The van der Waals surface area contributed by atoms with Gasteiger partial charge >= 0.3 is 5.97 Å². The molecular weight excluding hydrogens is 398 g/mol. The van der Waals surface area contributed by atoms with E-state index in [1.807, 2.05) is 0 Å². The third kappa shape index (κ3) is 1.95. The lowest BCUT2D eigenvalue weighted by Crippen LogP contribution is -2.42. The van der Waals surface area contributed by atoms with Crippen molar-refractivity contribution in [3.8, 4) is 0 Å². The average Bonchev–Trinajstić information content (AvgIpc) is 2.97. The zero-order valence-electron chi connectivity index (χ0n) is 10.4. The molecule has 20 heavy (non-hydrogen) atoms. The van der Waals surface area contributed by atoms with Crippen LogP contribution < -0.4 is 0 Å². The number of imide groups is 1. The van der Waals surface area contributed by atoms with Crippen molar-refractivity contribution in [3.63, 3.8) is 0 Å². The van der Waals surface area contributed by atoms with Crippen molar-refractivity contribution in [3.05, 3.63) is 0 Å². The summed E-state index contributed by atoms with van der Waals surface area (Å²) in [4.78, 5) is 36.5. The molecule has 3 rings (SSSR count). The molecule has 3 aliphatic rings. The number of carbonyl (C=O) groups excluding carboxylic acids is 2. The summed E-state index contributed by atoms with van der Waals surface area (Å²) < 4.78 is 5.74. The van der Waals surface area contributed by atoms with Crippen LogP contribution in [0, 0.1) is 11.8 Å². The Bertz CT molecular complexity index is 452. The van der Waals surface area contributed by atoms with Crippen molar-refractivity contribution in [2.75, 3.05) is 6.54 Å². The Hall–Kier alpha value is -0.470. The summed E-state index contributed by atoms with van der Waals surface area (Å²) in [6, 6.07) is 0. The topological polar surface area (TPSA) is 83.9 Å². The fraction of sp³-hybridized carbons (Fsp3) is 0.750. The minimum atomic E-state index is -0.922. The number of aliphatic carboxylic acids is 1. The Morgan fingerprint density at radius 1 is 1.15 bits per heavy atom. The molecule has 110 valence electrons. The molecule has 0 spiro atoms. The molecule has 6 nitrogen and oxygen atoms in total. The van der Waals surface area contributed by atoms with Crippen molar-refractivity contribution < 1.29 is 24.2 Å². The second-order valence-corrected chi connectivity index (χ2v) is 7.45. The number of nitrogens with zero attached hydrogens (tertiary/aromatic N) is 1. The number of hydrogen-bond acceptors (Lipinski definition) is 4. The highest BCUT2D eigenvalue weighted by Gasteiger charge is 2.67. The van der Waals surface area contributed by atoms with E-state index in [0.29, 0.717) is 0 Å². The van der Waals surface area contributed by atoms with E-state index in [1.165, 1.54) is 4.90 Å². The monoisotopic (exact) mass is 409 g/mol. The van der Waals surface area contributed by atoms with Crippen molar-refractivity contribution in [1.29, 1.82) is 0 Å². The number of likely N-dealkylation sites (tertiary alicyclic amines) is 1. The van der Waals surface area contributed by atoms with Gasteiger partial charge in [0.1, 0.15) is 0 Å². The zero-order chi connectivity index (χ0) is 14.6. The Morgan fingerprint density at radius 2 is 1.65 bits per heavy atom. The van der Waals surface area contributed by atoms with Crippen molar-refractivity contribution in [1.82, 2.24) is 4.90 Å². The van der Waals surface area contributed by atoms with Gasteiger partial charge in [-0.1, -0.05) is 31.9 Å². The van der Waals surface area contributed by atoms with Crippen LogP contribution in [0.25, 0.3) is 0 Å². The van der Waals surface area contributed by atoms with Gasteiger partial charge in [0.2, 0.25) is 11.8 Å². The van der Waals surface area contributed by atoms with Gasteiger partial charge in [0.15, 0.2) is 0 Å². The second-order valence-electron chi connectivity index (χ2n) is 5.33. The molecule has 0 aromatic rings. The molecule has 1 N–H and O–H groups in total. The summed E-state index contributed by atoms with van der Waals surface area (Å²) in [6.07, 6.45) is -0.318. The van der Waals surface area contributed by atoms with E-state index >= 15 is 0 Å². The number of carbonyl (C=O) groups is 3. The smallest absolute Gasteiger partial charge is 0.303 e. The normalized spacial score (nSPS) is 42.4. The quantitative estimate of drug-likeness (QED) is 0.546. The molecule has 0 aromatic carbocycles. The number of carboxylic acids is 1. The first-order valence-electron chi connectivity index (χ1n) is 6.44. The fourth-order valence-electron chi connectivity index (χ4n) is 3.33. The first-order chi connectivity index (χ1) is 9.43. The van der Waals surface area contributed by atoms with E-state index in [9.17, 15) is 14.4 Å². The average molecular weight is 411 g/mol. The van der Waals surface area contributed by atoms with E-state index in [2.05, 4.69) is 31.9 Å². The fourth-order valence-corrected chi connectivity index (χ4v) is 4.84. The lowest BCUT2D eigenvalue weighted by molar-refractivity contribution is -0.144. The van der Waals surface area contributed by atoms with Gasteiger partial charge in [-0.2, -0.15) is 0 Å². The van der Waals surface area contributed by atoms with Crippen LogP contribution in [0.1, 0.15) is 12.8 Å². The van der Waals surface area contributed by atoms with Gasteiger partial charge in [-0.05, 0) is 6.42 Å². The molecule has 0 aromatic heterocycles. The lowest BCUT2D eigenvalue weighted by atomic mass is 9.81. The number of ether oxygens (including phenoxy) is 1. The molecule has 3 fully saturated rings. The lowest BCUT2D eigenvalue weighted by Gasteiger charge is -2.24. The van der Waals surface area contributed by atoms with Gasteiger partial charge in [0, 0.05) is 13.0 Å². The van der Waals surface area contributed by atoms with Crippen molar-refractivity contribution >= 4 is 49.6 Å². The highest BCUT2D eigenvalue weighted by molar-refractivity contribution is 9.12. The van der Waals surface area contributed by atoms with Crippen LogP contribution in [0.3, 0.4) is 0 Å². The zero-order valence-corrected chi connectivity index (χ0v) is 13.5. The summed E-state index contributed by atoms with van der Waals surface area (Å²) in [5, 5.41) is 8.62. The molecule has 0 aliphatic carbocycles.